The maximum atomic E-state index is 13.3. The number of halogens is 3. The maximum Gasteiger partial charge on any atom is 0.417 e. The van der Waals surface area contributed by atoms with Gasteiger partial charge in [0.05, 0.1) is 42.2 Å². The minimum atomic E-state index is -4.46. The largest absolute Gasteiger partial charge is 0.417 e. The molecule has 2 N–H and O–H groups in total. The molecule has 7 nitrogen and oxygen atoms in total. The summed E-state index contributed by atoms with van der Waals surface area (Å²) in [4.78, 5) is 27.5. The molecular formula is C22H20F3N5O2. The molecule has 1 amide bonds. The van der Waals surface area contributed by atoms with E-state index in [1.807, 2.05) is 0 Å². The number of rotatable bonds is 4. The lowest BCUT2D eigenvalue weighted by Crippen LogP contribution is -2.33. The van der Waals surface area contributed by atoms with Gasteiger partial charge in [-0.3, -0.25) is 9.78 Å². The predicted octanol–water partition coefficient (Wildman–Crippen LogP) is 3.88. The molecule has 3 aromatic rings. The van der Waals surface area contributed by atoms with Crippen LogP contribution in [0.4, 0.5) is 19.0 Å². The Bertz CT molecular complexity index is 1210. The minimum absolute atomic E-state index is 0.146. The molecule has 5 rings (SSSR count). The van der Waals surface area contributed by atoms with E-state index in [4.69, 9.17) is 10.5 Å². The number of ether oxygens (including phenoxy) is 1. The molecule has 32 heavy (non-hydrogen) atoms. The second kappa shape index (κ2) is 7.40. The van der Waals surface area contributed by atoms with Crippen LogP contribution in [0.25, 0.3) is 10.9 Å². The Labute approximate surface area is 181 Å². The number of hydrogen-bond donors (Lipinski definition) is 1. The van der Waals surface area contributed by atoms with E-state index in [9.17, 15) is 18.0 Å². The fourth-order valence-electron chi connectivity index (χ4n) is 4.21. The zero-order chi connectivity index (χ0) is 22.6. The number of nitrogens with zero attached hydrogens (tertiary/aromatic N) is 4. The summed E-state index contributed by atoms with van der Waals surface area (Å²) in [6.07, 6.45) is -0.377. The van der Waals surface area contributed by atoms with Gasteiger partial charge in [0.25, 0.3) is 5.91 Å². The molecule has 0 saturated heterocycles. The van der Waals surface area contributed by atoms with Crippen LogP contribution in [0.15, 0.2) is 30.6 Å². The first-order valence-electron chi connectivity index (χ1n) is 10.2. The maximum absolute atomic E-state index is 13.3. The Morgan fingerprint density at radius 1 is 1.19 bits per heavy atom. The highest BCUT2D eigenvalue weighted by atomic mass is 19.4. The standard InChI is InChI=1S/C22H20F3N5O2/c1-30(19(11-2-3-11)16-5-4-12(7-27-16)22(23,24)25)21(31)17-6-13-14-9-32-10-15(14)20(26)29-18(13)8-28-17/h4-8,11,19H,2-3,9-10H2,1H3,(H2,26,29). The Balaban J connectivity index is 1.47. The first-order chi connectivity index (χ1) is 15.2. The second-order valence-electron chi connectivity index (χ2n) is 8.20. The molecule has 1 unspecified atom stereocenters. The van der Waals surface area contributed by atoms with E-state index in [0.717, 1.165) is 41.6 Å². The second-order valence-corrected chi connectivity index (χ2v) is 8.20. The molecule has 0 spiro atoms. The summed E-state index contributed by atoms with van der Waals surface area (Å²) < 4.78 is 44.2. The van der Waals surface area contributed by atoms with Crippen LogP contribution in [0.2, 0.25) is 0 Å². The monoisotopic (exact) mass is 443 g/mol. The molecule has 1 saturated carbocycles. The topological polar surface area (TPSA) is 94.2 Å². The van der Waals surface area contributed by atoms with Crippen LogP contribution in [-0.2, 0) is 24.1 Å². The number of amides is 1. The van der Waals surface area contributed by atoms with Crippen LogP contribution >= 0.6 is 0 Å². The van der Waals surface area contributed by atoms with Crippen molar-refractivity contribution in [2.45, 2.75) is 38.3 Å². The summed E-state index contributed by atoms with van der Waals surface area (Å²) in [5, 5.41) is 0.758. The lowest BCUT2D eigenvalue weighted by Gasteiger charge is -2.28. The normalized spacial score (nSPS) is 16.8. The van der Waals surface area contributed by atoms with Crippen LogP contribution in [0.3, 0.4) is 0 Å². The van der Waals surface area contributed by atoms with Gasteiger partial charge in [0.2, 0.25) is 0 Å². The average molecular weight is 443 g/mol. The highest BCUT2D eigenvalue weighted by Crippen LogP contribution is 2.44. The van der Waals surface area contributed by atoms with E-state index >= 15 is 0 Å². The van der Waals surface area contributed by atoms with E-state index in [0.29, 0.717) is 30.2 Å². The van der Waals surface area contributed by atoms with Gasteiger partial charge in [-0.25, -0.2) is 9.97 Å². The van der Waals surface area contributed by atoms with Gasteiger partial charge in [-0.05, 0) is 42.5 Å². The quantitative estimate of drug-likeness (QED) is 0.658. The Morgan fingerprint density at radius 2 is 1.94 bits per heavy atom. The zero-order valence-corrected chi connectivity index (χ0v) is 17.2. The lowest BCUT2D eigenvalue weighted by molar-refractivity contribution is -0.137. The predicted molar refractivity (Wildman–Crippen MR) is 109 cm³/mol. The third-order valence-electron chi connectivity index (χ3n) is 6.06. The first-order valence-corrected chi connectivity index (χ1v) is 10.2. The molecule has 1 fully saturated rings. The molecule has 0 radical (unpaired) electrons. The van der Waals surface area contributed by atoms with Crippen molar-refractivity contribution in [3.8, 4) is 0 Å². The van der Waals surface area contributed by atoms with E-state index in [2.05, 4.69) is 15.0 Å². The third-order valence-corrected chi connectivity index (χ3v) is 6.06. The Kier molecular flexibility index (Phi) is 4.77. The van der Waals surface area contributed by atoms with Crippen molar-refractivity contribution < 1.29 is 22.7 Å². The van der Waals surface area contributed by atoms with Crippen LogP contribution in [0.5, 0.6) is 0 Å². The fraction of sp³-hybridized carbons (Fsp3) is 0.364. The van der Waals surface area contributed by atoms with Gasteiger partial charge in [-0.2, -0.15) is 13.2 Å². The SMILES string of the molecule is CN(C(=O)c1cc2c3c(c(N)nc2cn1)COC3)C(c1ccc(C(F)(F)F)cn1)C1CC1. The van der Waals surface area contributed by atoms with Crippen molar-refractivity contribution in [3.05, 3.63) is 58.7 Å². The number of alkyl halides is 3. The number of carbonyl (C=O) groups excluding carboxylic acids is 1. The van der Waals surface area contributed by atoms with Gasteiger partial charge >= 0.3 is 6.18 Å². The van der Waals surface area contributed by atoms with Crippen LogP contribution in [-0.4, -0.2) is 32.8 Å². The third kappa shape index (κ3) is 3.54. The molecule has 1 atom stereocenters. The van der Waals surface area contributed by atoms with E-state index < -0.39 is 17.8 Å². The first kappa shape index (κ1) is 20.6. The summed E-state index contributed by atoms with van der Waals surface area (Å²) in [6.45, 7) is 0.755. The van der Waals surface area contributed by atoms with Gasteiger partial charge in [-0.1, -0.05) is 0 Å². The zero-order valence-electron chi connectivity index (χ0n) is 17.2. The molecule has 1 aliphatic carbocycles. The molecule has 3 aromatic heterocycles. The fourth-order valence-corrected chi connectivity index (χ4v) is 4.21. The van der Waals surface area contributed by atoms with Gasteiger partial charge in [-0.15, -0.1) is 0 Å². The van der Waals surface area contributed by atoms with E-state index in [1.165, 1.54) is 17.2 Å². The summed E-state index contributed by atoms with van der Waals surface area (Å²) in [7, 11) is 1.63. The number of hydrogen-bond acceptors (Lipinski definition) is 6. The van der Waals surface area contributed by atoms with Crippen molar-refractivity contribution in [1.82, 2.24) is 19.9 Å². The van der Waals surface area contributed by atoms with Crippen LogP contribution in [0, 0.1) is 5.92 Å². The molecule has 2 aliphatic rings. The smallest absolute Gasteiger partial charge is 0.383 e. The summed E-state index contributed by atoms with van der Waals surface area (Å²) >= 11 is 0. The molecule has 10 heteroatoms. The molecule has 4 heterocycles. The summed E-state index contributed by atoms with van der Waals surface area (Å²) in [6, 6.07) is 3.60. The molecule has 0 aromatic carbocycles. The number of pyridine rings is 3. The number of fused-ring (bicyclic) bond motifs is 3. The van der Waals surface area contributed by atoms with Crippen molar-refractivity contribution in [1.29, 1.82) is 0 Å². The number of carbonyl (C=O) groups is 1. The summed E-state index contributed by atoms with van der Waals surface area (Å²) in [5.74, 6) is 0.202. The molecule has 166 valence electrons. The van der Waals surface area contributed by atoms with Crippen molar-refractivity contribution in [3.63, 3.8) is 0 Å². The van der Waals surface area contributed by atoms with Crippen molar-refractivity contribution in [2.75, 3.05) is 12.8 Å². The summed E-state index contributed by atoms with van der Waals surface area (Å²) in [5.41, 5.74) is 8.13. The van der Waals surface area contributed by atoms with Crippen molar-refractivity contribution >= 4 is 22.6 Å². The van der Waals surface area contributed by atoms with Crippen LogP contribution in [0.1, 0.15) is 51.8 Å². The van der Waals surface area contributed by atoms with Crippen LogP contribution < -0.4 is 5.73 Å². The number of aromatic nitrogens is 3. The molecular weight excluding hydrogens is 423 g/mol. The van der Waals surface area contributed by atoms with Gasteiger partial charge in [0.15, 0.2) is 0 Å². The number of anilines is 1. The Hall–Kier alpha value is -3.27. The average Bonchev–Trinajstić information content (AvgIpc) is 3.46. The van der Waals surface area contributed by atoms with Gasteiger partial charge in [0, 0.05) is 24.2 Å². The molecule has 1 aliphatic heterocycles. The number of nitrogen functional groups attached to an aromatic ring is 1. The van der Waals surface area contributed by atoms with E-state index in [-0.39, 0.29) is 17.5 Å². The van der Waals surface area contributed by atoms with Gasteiger partial charge in [0.1, 0.15) is 11.5 Å². The lowest BCUT2D eigenvalue weighted by atomic mass is 10.0. The highest BCUT2D eigenvalue weighted by Gasteiger charge is 2.39. The number of nitrogens with two attached hydrogens (primary N) is 1. The van der Waals surface area contributed by atoms with Gasteiger partial charge < -0.3 is 15.4 Å². The Morgan fingerprint density at radius 3 is 2.59 bits per heavy atom. The molecule has 0 bridgehead atoms. The van der Waals surface area contributed by atoms with Crippen molar-refractivity contribution in [2.24, 2.45) is 5.92 Å². The highest BCUT2D eigenvalue weighted by molar-refractivity contribution is 5.97. The van der Waals surface area contributed by atoms with E-state index in [1.54, 1.807) is 13.1 Å². The minimum Gasteiger partial charge on any atom is -0.383 e.